The van der Waals surface area contributed by atoms with E-state index in [2.05, 4.69) is 56.2 Å². The van der Waals surface area contributed by atoms with Crippen LogP contribution in [0, 0.1) is 6.92 Å². The Morgan fingerprint density at radius 2 is 1.00 bits per heavy atom. The molecule has 0 bridgehead atoms. The van der Waals surface area contributed by atoms with Gasteiger partial charge in [0, 0.05) is 37.0 Å². The summed E-state index contributed by atoms with van der Waals surface area (Å²) in [6.45, 7) is 9.13. The van der Waals surface area contributed by atoms with Gasteiger partial charge in [-0.2, -0.15) is 0 Å². The zero-order chi connectivity index (χ0) is 37.4. The highest BCUT2D eigenvalue weighted by Crippen LogP contribution is 2.40. The number of likely N-dealkylation sites (tertiary alicyclic amines) is 1. The highest BCUT2D eigenvalue weighted by molar-refractivity contribution is 5.66. The van der Waals surface area contributed by atoms with Crippen molar-refractivity contribution in [3.63, 3.8) is 0 Å². The predicted molar refractivity (Wildman–Crippen MR) is 219 cm³/mol. The maximum atomic E-state index is 10.3. The molecule has 3 rings (SSSR count). The molecule has 0 amide bonds. The Bertz CT molecular complexity index is 943. The van der Waals surface area contributed by atoms with Crippen molar-refractivity contribution in [2.75, 3.05) is 25.5 Å². The summed E-state index contributed by atoms with van der Waals surface area (Å²) in [6, 6.07) is 7.47. The van der Waals surface area contributed by atoms with Gasteiger partial charge in [0.25, 0.3) is 0 Å². The lowest BCUT2D eigenvalue weighted by molar-refractivity contribution is -0.138. The molecule has 0 radical (unpaired) electrons. The van der Waals surface area contributed by atoms with E-state index in [1.807, 2.05) is 0 Å². The van der Waals surface area contributed by atoms with E-state index in [1.54, 1.807) is 0 Å². The molecule has 2 aliphatic rings. The van der Waals surface area contributed by atoms with Crippen molar-refractivity contribution >= 4 is 17.6 Å². The minimum Gasteiger partial charge on any atom is -0.481 e. The number of carboxylic acid groups (broad SMARTS) is 2. The molecule has 1 saturated heterocycles. The average Bonchev–Trinajstić information content (AvgIpc) is 3.46. The van der Waals surface area contributed by atoms with Crippen LogP contribution < -0.4 is 5.32 Å². The van der Waals surface area contributed by atoms with Crippen LogP contribution in [0.2, 0.25) is 0 Å². The lowest BCUT2D eigenvalue weighted by Crippen LogP contribution is -2.39. The molecule has 6 nitrogen and oxygen atoms in total. The number of carboxylic acids is 2. The number of piperidine rings is 1. The fourth-order valence-electron chi connectivity index (χ4n) is 7.51. The van der Waals surface area contributed by atoms with Crippen molar-refractivity contribution in [3.8, 4) is 0 Å². The largest absolute Gasteiger partial charge is 0.481 e. The zero-order valence-corrected chi connectivity index (χ0v) is 34.0. The standard InChI is InChI=1S/2C16H32O2.C13H18N2/c2*1-2-3-4-5-6-7-8-9-10-11-12-13-14-15-16(17)18;1-9-3-4-12-10(7-9)11-8-15(2)6-5-13(11)14-12/h2*2-15H2,1H3,(H,17,18);3-4,7,11,13-14H,5-6,8H2,1-2H3/t;;11-,13-/m..1/s1. The third-order valence-electron chi connectivity index (χ3n) is 10.8. The van der Waals surface area contributed by atoms with Gasteiger partial charge in [-0.25, -0.2) is 0 Å². The number of anilines is 1. The third-order valence-corrected chi connectivity index (χ3v) is 10.8. The van der Waals surface area contributed by atoms with Crippen LogP contribution in [0.25, 0.3) is 0 Å². The molecule has 51 heavy (non-hydrogen) atoms. The molecule has 1 fully saturated rings. The van der Waals surface area contributed by atoms with Gasteiger partial charge < -0.3 is 20.4 Å². The summed E-state index contributed by atoms with van der Waals surface area (Å²) in [5.41, 5.74) is 4.28. The van der Waals surface area contributed by atoms with Crippen LogP contribution in [-0.2, 0) is 9.59 Å². The van der Waals surface area contributed by atoms with Gasteiger partial charge in [0.1, 0.15) is 0 Å². The van der Waals surface area contributed by atoms with Crippen LogP contribution in [-0.4, -0.2) is 53.2 Å². The summed E-state index contributed by atoms with van der Waals surface area (Å²) >= 11 is 0. The van der Waals surface area contributed by atoms with Gasteiger partial charge in [-0.1, -0.05) is 186 Å². The molecule has 2 heterocycles. The Balaban J connectivity index is 0.000000383. The summed E-state index contributed by atoms with van der Waals surface area (Å²) in [7, 11) is 2.23. The second-order valence-corrected chi connectivity index (χ2v) is 15.8. The highest BCUT2D eigenvalue weighted by atomic mass is 16.4. The number of rotatable bonds is 28. The van der Waals surface area contributed by atoms with Crippen molar-refractivity contribution in [1.29, 1.82) is 0 Å². The first-order chi connectivity index (χ1) is 24.8. The third kappa shape index (κ3) is 26.4. The maximum Gasteiger partial charge on any atom is 0.303 e. The number of carbonyl (C=O) groups is 2. The number of nitrogens with zero attached hydrogens (tertiary/aromatic N) is 1. The molecule has 0 aromatic heterocycles. The smallest absolute Gasteiger partial charge is 0.303 e. The molecule has 2 atom stereocenters. The Labute approximate surface area is 315 Å². The molecule has 0 saturated carbocycles. The topological polar surface area (TPSA) is 89.9 Å². The van der Waals surface area contributed by atoms with E-state index in [0.717, 1.165) is 25.7 Å². The number of benzene rings is 1. The Hall–Kier alpha value is -2.08. The van der Waals surface area contributed by atoms with Gasteiger partial charge in [0.15, 0.2) is 0 Å². The minimum atomic E-state index is -0.655. The summed E-state index contributed by atoms with van der Waals surface area (Å²) < 4.78 is 0. The molecule has 1 aromatic rings. The number of hydrogen-bond donors (Lipinski definition) is 3. The van der Waals surface area contributed by atoms with Crippen LogP contribution in [0.4, 0.5) is 5.69 Å². The van der Waals surface area contributed by atoms with Gasteiger partial charge in [-0.3, -0.25) is 9.59 Å². The molecule has 6 heteroatoms. The summed E-state index contributed by atoms with van der Waals surface area (Å²) in [4.78, 5) is 23.0. The van der Waals surface area contributed by atoms with Gasteiger partial charge in [0.2, 0.25) is 0 Å². The number of likely N-dealkylation sites (N-methyl/N-ethyl adjacent to an activating group) is 1. The van der Waals surface area contributed by atoms with E-state index >= 15 is 0 Å². The molecule has 0 aliphatic carbocycles. The van der Waals surface area contributed by atoms with Crippen LogP contribution in [0.5, 0.6) is 0 Å². The molecule has 2 aliphatic heterocycles. The molecular formula is C45H82N2O4. The van der Waals surface area contributed by atoms with E-state index in [1.165, 1.54) is 178 Å². The second-order valence-electron chi connectivity index (χ2n) is 15.8. The van der Waals surface area contributed by atoms with Crippen molar-refractivity contribution in [3.05, 3.63) is 29.3 Å². The molecule has 1 aromatic carbocycles. The molecular weight excluding hydrogens is 633 g/mol. The van der Waals surface area contributed by atoms with E-state index in [4.69, 9.17) is 10.2 Å². The van der Waals surface area contributed by atoms with Crippen LogP contribution in [0.1, 0.15) is 217 Å². The summed E-state index contributed by atoms with van der Waals surface area (Å²) in [5.74, 6) is -0.602. The minimum absolute atomic E-state index is 0.345. The van der Waals surface area contributed by atoms with Crippen molar-refractivity contribution in [2.24, 2.45) is 0 Å². The van der Waals surface area contributed by atoms with Crippen LogP contribution in [0.15, 0.2) is 18.2 Å². The fourth-order valence-corrected chi connectivity index (χ4v) is 7.51. The van der Waals surface area contributed by atoms with E-state index in [0.29, 0.717) is 24.8 Å². The summed E-state index contributed by atoms with van der Waals surface area (Å²) in [5, 5.41) is 20.6. The maximum absolute atomic E-state index is 10.3. The first-order valence-electron chi connectivity index (χ1n) is 21.8. The number of hydrogen-bond acceptors (Lipinski definition) is 4. The van der Waals surface area contributed by atoms with E-state index in [-0.39, 0.29) is 0 Å². The van der Waals surface area contributed by atoms with E-state index < -0.39 is 11.9 Å². The highest BCUT2D eigenvalue weighted by Gasteiger charge is 2.35. The lowest BCUT2D eigenvalue weighted by atomic mass is 9.89. The predicted octanol–water partition coefficient (Wildman–Crippen LogP) is 13.3. The van der Waals surface area contributed by atoms with Gasteiger partial charge >= 0.3 is 11.9 Å². The first kappa shape index (κ1) is 46.9. The molecule has 0 unspecified atom stereocenters. The van der Waals surface area contributed by atoms with Gasteiger partial charge in [0.05, 0.1) is 0 Å². The number of unbranched alkanes of at least 4 members (excludes halogenated alkanes) is 24. The van der Waals surface area contributed by atoms with Gasteiger partial charge in [-0.15, -0.1) is 0 Å². The summed E-state index contributed by atoms with van der Waals surface area (Å²) in [6.07, 6.45) is 35.8. The van der Waals surface area contributed by atoms with Crippen LogP contribution in [0.3, 0.4) is 0 Å². The van der Waals surface area contributed by atoms with Crippen LogP contribution >= 0.6 is 0 Å². The Kier molecular flexibility index (Phi) is 30.0. The Morgan fingerprint density at radius 3 is 1.37 bits per heavy atom. The van der Waals surface area contributed by atoms with Crippen molar-refractivity contribution in [2.45, 2.75) is 219 Å². The Morgan fingerprint density at radius 1 is 0.627 bits per heavy atom. The number of fused-ring (bicyclic) bond motifs is 3. The van der Waals surface area contributed by atoms with E-state index in [9.17, 15) is 9.59 Å². The van der Waals surface area contributed by atoms with Crippen molar-refractivity contribution < 1.29 is 19.8 Å². The monoisotopic (exact) mass is 715 g/mol. The SMILES string of the molecule is CCCCCCCCCCCCCCCC(=O)O.CCCCCCCCCCCCCCCC(=O)O.Cc1ccc2c(c1)[C@H]1CN(C)CC[C@H]1N2. The zero-order valence-electron chi connectivity index (χ0n) is 34.0. The quantitative estimate of drug-likeness (QED) is 0.0749. The normalized spacial score (nSPS) is 16.2. The van der Waals surface area contributed by atoms with Crippen molar-refractivity contribution in [1.82, 2.24) is 4.90 Å². The number of aryl methyl sites for hydroxylation is 1. The average molecular weight is 715 g/mol. The second kappa shape index (κ2) is 32.6. The van der Waals surface area contributed by atoms with Gasteiger partial charge in [-0.05, 0) is 51.4 Å². The molecule has 3 N–H and O–H groups in total. The number of aliphatic carboxylic acids is 2. The molecule has 296 valence electrons. The lowest BCUT2D eigenvalue weighted by Gasteiger charge is -2.32. The number of nitrogens with one attached hydrogen (secondary N) is 1. The molecule has 0 spiro atoms. The fraction of sp³-hybridized carbons (Fsp3) is 0.822. The first-order valence-corrected chi connectivity index (χ1v) is 21.8.